The number of rotatable bonds is 9. The second-order valence-electron chi connectivity index (χ2n) is 4.81. The van der Waals surface area contributed by atoms with Gasteiger partial charge in [-0.15, -0.1) is 0 Å². The van der Waals surface area contributed by atoms with E-state index in [1.165, 1.54) is 0 Å². The molecule has 114 valence electrons. The summed E-state index contributed by atoms with van der Waals surface area (Å²) in [5, 5.41) is 11.1. The minimum Gasteiger partial charge on any atom is -0.481 e. The van der Waals surface area contributed by atoms with Gasteiger partial charge >= 0.3 is 5.97 Å². The molecule has 0 aliphatic heterocycles. The van der Waals surface area contributed by atoms with Crippen LogP contribution in [0.15, 0.2) is 30.3 Å². The molecule has 0 fully saturated rings. The molecule has 6 heteroatoms. The van der Waals surface area contributed by atoms with Crippen molar-refractivity contribution < 1.29 is 19.5 Å². The highest BCUT2D eigenvalue weighted by Gasteiger charge is 2.18. The topological polar surface area (TPSA) is 109 Å². The lowest BCUT2D eigenvalue weighted by molar-refractivity contribution is -0.137. The molecule has 2 amide bonds. The van der Waals surface area contributed by atoms with E-state index in [0.717, 1.165) is 5.56 Å². The quantitative estimate of drug-likeness (QED) is 0.586. The lowest BCUT2D eigenvalue weighted by Crippen LogP contribution is -2.45. The Morgan fingerprint density at radius 2 is 1.71 bits per heavy atom. The van der Waals surface area contributed by atoms with E-state index < -0.39 is 17.9 Å². The number of aliphatic carboxylic acids is 1. The zero-order valence-corrected chi connectivity index (χ0v) is 11.7. The molecule has 1 atom stereocenters. The van der Waals surface area contributed by atoms with Crippen molar-refractivity contribution in [3.63, 3.8) is 0 Å². The first-order valence-corrected chi connectivity index (χ1v) is 6.83. The zero-order valence-electron chi connectivity index (χ0n) is 11.7. The Balaban J connectivity index is 2.41. The third-order valence-electron chi connectivity index (χ3n) is 3.01. The van der Waals surface area contributed by atoms with Crippen molar-refractivity contribution in [2.45, 2.75) is 38.1 Å². The first-order chi connectivity index (χ1) is 9.99. The maximum atomic E-state index is 11.7. The average Bonchev–Trinajstić information content (AvgIpc) is 2.44. The standard InChI is InChI=1S/C15H20N2O4/c16-15(21)12(10-11-6-2-1-3-7-11)17-13(18)8-4-5-9-14(19)20/h1-3,6-7,12H,4-5,8-10H2,(H2,16,21)(H,17,18)(H,19,20). The zero-order chi connectivity index (χ0) is 15.7. The maximum absolute atomic E-state index is 11.7. The van der Waals surface area contributed by atoms with Gasteiger partial charge in [-0.2, -0.15) is 0 Å². The number of primary amides is 1. The Kier molecular flexibility index (Phi) is 6.94. The van der Waals surface area contributed by atoms with Gasteiger partial charge in [0.2, 0.25) is 11.8 Å². The summed E-state index contributed by atoms with van der Waals surface area (Å²) in [5.74, 6) is -1.76. The van der Waals surface area contributed by atoms with Crippen LogP contribution >= 0.6 is 0 Å². The van der Waals surface area contributed by atoms with Gasteiger partial charge in [-0.3, -0.25) is 14.4 Å². The van der Waals surface area contributed by atoms with Crippen molar-refractivity contribution in [3.05, 3.63) is 35.9 Å². The predicted molar refractivity (Wildman–Crippen MR) is 77.4 cm³/mol. The molecule has 0 radical (unpaired) electrons. The molecule has 0 saturated carbocycles. The van der Waals surface area contributed by atoms with Crippen LogP contribution in [0.2, 0.25) is 0 Å². The molecule has 21 heavy (non-hydrogen) atoms. The van der Waals surface area contributed by atoms with Gasteiger partial charge in [-0.25, -0.2) is 0 Å². The summed E-state index contributed by atoms with van der Waals surface area (Å²) in [6.07, 6.45) is 1.47. The number of hydrogen-bond acceptors (Lipinski definition) is 3. The number of nitrogens with two attached hydrogens (primary N) is 1. The van der Waals surface area contributed by atoms with Gasteiger partial charge in [-0.1, -0.05) is 30.3 Å². The van der Waals surface area contributed by atoms with Gasteiger partial charge in [0.1, 0.15) is 6.04 Å². The fraction of sp³-hybridized carbons (Fsp3) is 0.400. The van der Waals surface area contributed by atoms with E-state index in [-0.39, 0.29) is 18.7 Å². The second kappa shape index (κ2) is 8.73. The monoisotopic (exact) mass is 292 g/mol. The molecule has 1 aromatic carbocycles. The molecule has 0 aliphatic rings. The molecule has 0 bridgehead atoms. The SMILES string of the molecule is NC(=O)C(Cc1ccccc1)NC(=O)CCCCC(=O)O. The fourth-order valence-corrected chi connectivity index (χ4v) is 1.90. The summed E-state index contributed by atoms with van der Waals surface area (Å²) in [6.45, 7) is 0. The number of amides is 2. The molecule has 4 N–H and O–H groups in total. The molecule has 0 heterocycles. The highest BCUT2D eigenvalue weighted by molar-refractivity contribution is 5.86. The number of benzene rings is 1. The Hall–Kier alpha value is -2.37. The third kappa shape index (κ3) is 7.10. The molecule has 0 aromatic heterocycles. The van der Waals surface area contributed by atoms with E-state index in [4.69, 9.17) is 10.8 Å². The minimum atomic E-state index is -0.880. The molecular weight excluding hydrogens is 272 g/mol. The van der Waals surface area contributed by atoms with Crippen LogP contribution in [0.5, 0.6) is 0 Å². The number of carboxylic acid groups (broad SMARTS) is 1. The Morgan fingerprint density at radius 3 is 2.29 bits per heavy atom. The number of hydrogen-bond donors (Lipinski definition) is 3. The summed E-state index contributed by atoms with van der Waals surface area (Å²) in [5.41, 5.74) is 6.21. The number of carbonyl (C=O) groups is 3. The summed E-state index contributed by atoms with van der Waals surface area (Å²) in [4.78, 5) is 33.5. The average molecular weight is 292 g/mol. The third-order valence-corrected chi connectivity index (χ3v) is 3.01. The smallest absolute Gasteiger partial charge is 0.303 e. The van der Waals surface area contributed by atoms with Crippen molar-refractivity contribution in [3.8, 4) is 0 Å². The van der Waals surface area contributed by atoms with Crippen LogP contribution in [0.4, 0.5) is 0 Å². The summed E-state index contributed by atoms with van der Waals surface area (Å²) < 4.78 is 0. The van der Waals surface area contributed by atoms with E-state index in [1.807, 2.05) is 30.3 Å². The van der Waals surface area contributed by atoms with Crippen LogP contribution in [0.1, 0.15) is 31.2 Å². The molecule has 1 rings (SSSR count). The van der Waals surface area contributed by atoms with Crippen molar-refractivity contribution >= 4 is 17.8 Å². The maximum Gasteiger partial charge on any atom is 0.303 e. The van der Waals surface area contributed by atoms with Crippen LogP contribution in [0.25, 0.3) is 0 Å². The highest BCUT2D eigenvalue weighted by atomic mass is 16.4. The van der Waals surface area contributed by atoms with E-state index in [0.29, 0.717) is 19.3 Å². The van der Waals surface area contributed by atoms with E-state index in [1.54, 1.807) is 0 Å². The van der Waals surface area contributed by atoms with Crippen molar-refractivity contribution in [1.29, 1.82) is 0 Å². The number of carbonyl (C=O) groups excluding carboxylic acids is 2. The van der Waals surface area contributed by atoms with Crippen LogP contribution in [-0.4, -0.2) is 28.9 Å². The highest BCUT2D eigenvalue weighted by Crippen LogP contribution is 2.05. The lowest BCUT2D eigenvalue weighted by atomic mass is 10.1. The molecule has 0 aliphatic carbocycles. The van der Waals surface area contributed by atoms with Gasteiger partial charge in [0.15, 0.2) is 0 Å². The molecular formula is C15H20N2O4. The van der Waals surface area contributed by atoms with Crippen LogP contribution in [0.3, 0.4) is 0 Å². The molecule has 6 nitrogen and oxygen atoms in total. The summed E-state index contributed by atoms with van der Waals surface area (Å²) in [6, 6.07) is 8.52. The normalized spacial score (nSPS) is 11.6. The first-order valence-electron chi connectivity index (χ1n) is 6.83. The van der Waals surface area contributed by atoms with Crippen molar-refractivity contribution in [1.82, 2.24) is 5.32 Å². The van der Waals surface area contributed by atoms with Crippen LogP contribution in [-0.2, 0) is 20.8 Å². The lowest BCUT2D eigenvalue weighted by Gasteiger charge is -2.15. The van der Waals surface area contributed by atoms with Gasteiger partial charge in [0.05, 0.1) is 0 Å². The van der Waals surface area contributed by atoms with Gasteiger partial charge < -0.3 is 16.2 Å². The van der Waals surface area contributed by atoms with Crippen LogP contribution in [0, 0.1) is 0 Å². The fourth-order valence-electron chi connectivity index (χ4n) is 1.90. The van der Waals surface area contributed by atoms with E-state index in [9.17, 15) is 14.4 Å². The molecule has 0 saturated heterocycles. The summed E-state index contributed by atoms with van der Waals surface area (Å²) in [7, 11) is 0. The van der Waals surface area contributed by atoms with Gasteiger partial charge in [-0.05, 0) is 18.4 Å². The molecule has 1 unspecified atom stereocenters. The first kappa shape index (κ1) is 16.7. The second-order valence-corrected chi connectivity index (χ2v) is 4.81. The van der Waals surface area contributed by atoms with Crippen molar-refractivity contribution in [2.24, 2.45) is 5.73 Å². The predicted octanol–water partition coefficient (Wildman–Crippen LogP) is 0.844. The Bertz CT molecular complexity index is 488. The Morgan fingerprint density at radius 1 is 1.10 bits per heavy atom. The molecule has 0 spiro atoms. The van der Waals surface area contributed by atoms with Crippen molar-refractivity contribution in [2.75, 3.05) is 0 Å². The van der Waals surface area contributed by atoms with Crippen LogP contribution < -0.4 is 11.1 Å². The largest absolute Gasteiger partial charge is 0.481 e. The van der Waals surface area contributed by atoms with Gasteiger partial charge in [0, 0.05) is 19.3 Å². The van der Waals surface area contributed by atoms with E-state index in [2.05, 4.69) is 5.32 Å². The molecule has 1 aromatic rings. The minimum absolute atomic E-state index is 0.0382. The summed E-state index contributed by atoms with van der Waals surface area (Å²) >= 11 is 0. The van der Waals surface area contributed by atoms with Gasteiger partial charge in [0.25, 0.3) is 0 Å². The number of nitrogens with one attached hydrogen (secondary N) is 1. The number of carboxylic acids is 1. The number of unbranched alkanes of at least 4 members (excludes halogenated alkanes) is 1. The van der Waals surface area contributed by atoms with E-state index >= 15 is 0 Å². The Labute approximate surface area is 123 Å².